The van der Waals surface area contributed by atoms with Gasteiger partial charge in [-0.1, -0.05) is 0 Å². The number of Topliss-reactive ketones (excluding diaryl/α,β-unsaturated/α-hetero) is 1. The van der Waals surface area contributed by atoms with Gasteiger partial charge in [-0.25, -0.2) is 0 Å². The third-order valence-corrected chi connectivity index (χ3v) is 5.46. The maximum absolute atomic E-state index is 12.5. The van der Waals surface area contributed by atoms with Gasteiger partial charge in [0.2, 0.25) is 5.91 Å². The molecule has 7 nitrogen and oxygen atoms in total. The van der Waals surface area contributed by atoms with Crippen LogP contribution in [0.25, 0.3) is 0 Å². The molecule has 28 heavy (non-hydrogen) atoms. The van der Waals surface area contributed by atoms with Crippen LogP contribution in [0.5, 0.6) is 11.5 Å². The second kappa shape index (κ2) is 10.6. The molecule has 1 amide bonds. The van der Waals surface area contributed by atoms with E-state index in [1.54, 1.807) is 25.3 Å². The van der Waals surface area contributed by atoms with E-state index in [9.17, 15) is 9.59 Å². The Morgan fingerprint density at radius 3 is 2.46 bits per heavy atom. The predicted molar refractivity (Wildman–Crippen MR) is 110 cm³/mol. The minimum Gasteiger partial charge on any atom is -0.493 e. The van der Waals surface area contributed by atoms with Crippen molar-refractivity contribution in [2.24, 2.45) is 0 Å². The molecule has 8 heteroatoms. The van der Waals surface area contributed by atoms with E-state index in [1.807, 2.05) is 4.90 Å². The Hall–Kier alpha value is -1.83. The van der Waals surface area contributed by atoms with Crippen LogP contribution in [0.15, 0.2) is 18.2 Å². The molecule has 1 atom stereocenters. The highest BCUT2D eigenvalue weighted by Crippen LogP contribution is 2.28. The van der Waals surface area contributed by atoms with Crippen molar-refractivity contribution in [3.63, 3.8) is 0 Å². The third-order valence-electron chi connectivity index (χ3n) is 5.46. The summed E-state index contributed by atoms with van der Waals surface area (Å²) >= 11 is 0. The van der Waals surface area contributed by atoms with Crippen molar-refractivity contribution in [1.29, 1.82) is 0 Å². The van der Waals surface area contributed by atoms with Gasteiger partial charge in [0, 0.05) is 63.7 Å². The van der Waals surface area contributed by atoms with Gasteiger partial charge >= 0.3 is 0 Å². The first-order chi connectivity index (χ1) is 13.1. The summed E-state index contributed by atoms with van der Waals surface area (Å²) in [7, 11) is 3.10. The lowest BCUT2D eigenvalue weighted by atomic mass is 10.1. The van der Waals surface area contributed by atoms with Crippen LogP contribution in [0.1, 0.15) is 29.6 Å². The molecule has 2 heterocycles. The molecule has 1 N–H and O–H groups in total. The molecule has 0 aromatic heterocycles. The number of ether oxygens (including phenoxy) is 2. The van der Waals surface area contributed by atoms with Gasteiger partial charge in [0.1, 0.15) is 0 Å². The number of carbonyl (C=O) groups excluding carboxylic acids is 2. The summed E-state index contributed by atoms with van der Waals surface area (Å²) in [6.45, 7) is 5.70. The van der Waals surface area contributed by atoms with Crippen LogP contribution in [0.2, 0.25) is 0 Å². The molecule has 2 fully saturated rings. The van der Waals surface area contributed by atoms with Gasteiger partial charge < -0.3 is 19.7 Å². The number of halogens is 1. The summed E-state index contributed by atoms with van der Waals surface area (Å²) in [5, 5.41) is 3.36. The van der Waals surface area contributed by atoms with E-state index in [0.29, 0.717) is 23.1 Å². The number of likely N-dealkylation sites (tertiary alicyclic amines) is 1. The van der Waals surface area contributed by atoms with Crippen molar-refractivity contribution in [2.45, 2.75) is 25.3 Å². The van der Waals surface area contributed by atoms with E-state index in [1.165, 1.54) is 7.11 Å². The standard InChI is InChI=1S/C20H29N3O4.ClH/c1-26-18-5-3-15(13-19(18)27-2)17(24)4-6-20(25)23-10-7-16(14-23)22-11-8-21-9-12-22;/h3,5,13,16,21H,4,6-12,14H2,1-2H3;1H. The first-order valence-electron chi connectivity index (χ1n) is 9.60. The second-order valence-electron chi connectivity index (χ2n) is 7.06. The molecule has 0 saturated carbocycles. The summed E-state index contributed by atoms with van der Waals surface area (Å²) in [6, 6.07) is 5.55. The quantitative estimate of drug-likeness (QED) is 0.687. The van der Waals surface area contributed by atoms with E-state index in [0.717, 1.165) is 45.7 Å². The summed E-state index contributed by atoms with van der Waals surface area (Å²) in [5.41, 5.74) is 0.542. The van der Waals surface area contributed by atoms with E-state index < -0.39 is 0 Å². The zero-order valence-corrected chi connectivity index (χ0v) is 17.4. The lowest BCUT2D eigenvalue weighted by Crippen LogP contribution is -2.49. The minimum atomic E-state index is -0.0536. The van der Waals surface area contributed by atoms with Crippen molar-refractivity contribution in [3.05, 3.63) is 23.8 Å². The number of ketones is 1. The van der Waals surface area contributed by atoms with Crippen LogP contribution < -0.4 is 14.8 Å². The smallest absolute Gasteiger partial charge is 0.223 e. The Labute approximate surface area is 172 Å². The van der Waals surface area contributed by atoms with Gasteiger partial charge in [-0.3, -0.25) is 14.5 Å². The molecule has 1 aromatic carbocycles. The molecule has 0 aliphatic carbocycles. The number of piperazine rings is 1. The molecule has 3 rings (SSSR count). The van der Waals surface area contributed by atoms with Gasteiger partial charge in [-0.05, 0) is 24.6 Å². The summed E-state index contributed by atoms with van der Waals surface area (Å²) in [5.74, 6) is 1.12. The van der Waals surface area contributed by atoms with Crippen LogP contribution in [0, 0.1) is 0 Å². The molecule has 2 aliphatic rings. The molecular formula is C20H30ClN3O4. The summed E-state index contributed by atoms with van der Waals surface area (Å²) in [4.78, 5) is 29.4. The number of amides is 1. The monoisotopic (exact) mass is 411 g/mol. The summed E-state index contributed by atoms with van der Waals surface area (Å²) in [6.07, 6.45) is 1.49. The van der Waals surface area contributed by atoms with Crippen LogP contribution in [0.3, 0.4) is 0 Å². The van der Waals surface area contributed by atoms with Gasteiger partial charge in [0.15, 0.2) is 17.3 Å². The topological polar surface area (TPSA) is 71.1 Å². The highest BCUT2D eigenvalue weighted by Gasteiger charge is 2.30. The zero-order valence-electron chi connectivity index (χ0n) is 16.6. The van der Waals surface area contributed by atoms with Crippen LogP contribution in [-0.2, 0) is 4.79 Å². The van der Waals surface area contributed by atoms with Crippen LogP contribution in [0.4, 0.5) is 0 Å². The SMILES string of the molecule is COc1ccc(C(=O)CCC(=O)N2CCC(N3CCNCC3)C2)cc1OC.Cl. The first-order valence-corrected chi connectivity index (χ1v) is 9.60. The normalized spacial score (nSPS) is 19.8. The molecule has 0 radical (unpaired) electrons. The Morgan fingerprint density at radius 2 is 1.79 bits per heavy atom. The Morgan fingerprint density at radius 1 is 1.07 bits per heavy atom. The lowest BCUT2D eigenvalue weighted by molar-refractivity contribution is -0.130. The van der Waals surface area contributed by atoms with Gasteiger partial charge in [0.05, 0.1) is 14.2 Å². The minimum absolute atomic E-state index is 0. The zero-order chi connectivity index (χ0) is 19.2. The van der Waals surface area contributed by atoms with Gasteiger partial charge in [-0.2, -0.15) is 0 Å². The van der Waals surface area contributed by atoms with E-state index in [4.69, 9.17) is 9.47 Å². The van der Waals surface area contributed by atoms with Crippen molar-refractivity contribution >= 4 is 24.1 Å². The first kappa shape index (κ1) is 22.5. The number of nitrogens with zero attached hydrogens (tertiary/aromatic N) is 2. The number of hydrogen-bond acceptors (Lipinski definition) is 6. The van der Waals surface area contributed by atoms with E-state index in [2.05, 4.69) is 10.2 Å². The fraction of sp³-hybridized carbons (Fsp3) is 0.600. The second-order valence-corrected chi connectivity index (χ2v) is 7.06. The predicted octanol–water partition coefficient (Wildman–Crippen LogP) is 1.59. The highest BCUT2D eigenvalue weighted by atomic mass is 35.5. The number of hydrogen-bond donors (Lipinski definition) is 1. The van der Waals surface area contributed by atoms with Gasteiger partial charge in [0.25, 0.3) is 0 Å². The molecule has 1 unspecified atom stereocenters. The maximum Gasteiger partial charge on any atom is 0.223 e. The number of rotatable bonds is 7. The Bertz CT molecular complexity index is 679. The molecule has 2 saturated heterocycles. The lowest BCUT2D eigenvalue weighted by Gasteiger charge is -2.32. The fourth-order valence-electron chi connectivity index (χ4n) is 3.85. The Kier molecular flexibility index (Phi) is 8.54. The van der Waals surface area contributed by atoms with Crippen LogP contribution >= 0.6 is 12.4 Å². The van der Waals surface area contributed by atoms with Crippen molar-refractivity contribution in [3.8, 4) is 11.5 Å². The van der Waals surface area contributed by atoms with Crippen molar-refractivity contribution in [1.82, 2.24) is 15.1 Å². The van der Waals surface area contributed by atoms with Gasteiger partial charge in [-0.15, -0.1) is 12.4 Å². The van der Waals surface area contributed by atoms with Crippen molar-refractivity contribution < 1.29 is 19.1 Å². The van der Waals surface area contributed by atoms with E-state index >= 15 is 0 Å². The summed E-state index contributed by atoms with van der Waals surface area (Å²) < 4.78 is 10.4. The fourth-order valence-corrected chi connectivity index (χ4v) is 3.85. The largest absolute Gasteiger partial charge is 0.493 e. The average molecular weight is 412 g/mol. The molecule has 1 aromatic rings. The van der Waals surface area contributed by atoms with E-state index in [-0.39, 0.29) is 36.9 Å². The van der Waals surface area contributed by atoms with Crippen LogP contribution in [-0.4, -0.2) is 81.0 Å². The molecule has 156 valence electrons. The number of methoxy groups -OCH3 is 2. The molecule has 0 bridgehead atoms. The number of nitrogens with one attached hydrogen (secondary N) is 1. The molecular weight excluding hydrogens is 382 g/mol. The number of carbonyl (C=O) groups is 2. The van der Waals surface area contributed by atoms with Crippen molar-refractivity contribution in [2.75, 3.05) is 53.5 Å². The third kappa shape index (κ3) is 5.37. The number of benzene rings is 1. The Balaban J connectivity index is 0.00000280. The highest BCUT2D eigenvalue weighted by molar-refractivity contribution is 5.98. The molecule has 0 spiro atoms. The average Bonchev–Trinajstić information content (AvgIpc) is 3.22. The molecule has 2 aliphatic heterocycles. The maximum atomic E-state index is 12.5.